The van der Waals surface area contributed by atoms with Gasteiger partial charge in [-0.25, -0.2) is 22.8 Å². The first-order valence-corrected chi connectivity index (χ1v) is 30.3. The van der Waals surface area contributed by atoms with Crippen molar-refractivity contribution in [3.63, 3.8) is 0 Å². The Kier molecular flexibility index (Phi) is 44.4. The molecule has 0 aliphatic carbocycles. The monoisotopic (exact) mass is 1140 g/mol. The Hall–Kier alpha value is -5.69. The Labute approximate surface area is 481 Å². The highest BCUT2D eigenvalue weighted by atomic mass is 35.5. The van der Waals surface area contributed by atoms with E-state index in [1.807, 2.05) is 0 Å². The average molecular weight is 1140 g/mol. The van der Waals surface area contributed by atoms with E-state index < -0.39 is 57.8 Å². The number of unbranched alkanes of at least 4 members (excludes halogenated alkanes) is 31. The third kappa shape index (κ3) is 40.5. The topological polar surface area (TPSA) is 178 Å². The van der Waals surface area contributed by atoms with Crippen molar-refractivity contribution >= 4 is 47.1 Å². The number of aliphatic carboxylic acids is 2. The number of hydrogen-bond donors (Lipinski definition) is 5. The zero-order valence-corrected chi connectivity index (χ0v) is 48.7. The third-order valence-corrected chi connectivity index (χ3v) is 14.0. The van der Waals surface area contributed by atoms with Crippen LogP contribution in [0.5, 0.6) is 0 Å². The van der Waals surface area contributed by atoms with Crippen LogP contribution in [0.3, 0.4) is 0 Å². The number of carbonyl (C=O) groups is 5. The maximum absolute atomic E-state index is 13.0. The van der Waals surface area contributed by atoms with Crippen molar-refractivity contribution < 1.29 is 57.6 Å². The lowest BCUT2D eigenvalue weighted by molar-refractivity contribution is -0.138. The van der Waals surface area contributed by atoms with Crippen LogP contribution in [-0.4, -0.2) is 50.2 Å². The summed E-state index contributed by atoms with van der Waals surface area (Å²) in [6.45, 7) is 2.29. The summed E-state index contributed by atoms with van der Waals surface area (Å²) in [6, 6.07) is 23.2. The van der Waals surface area contributed by atoms with E-state index in [2.05, 4.69) is 42.6 Å². The van der Waals surface area contributed by atoms with Crippen molar-refractivity contribution in [1.29, 1.82) is 0 Å². The van der Waals surface area contributed by atoms with Gasteiger partial charge in [-0.3, -0.25) is 14.4 Å². The summed E-state index contributed by atoms with van der Waals surface area (Å²) in [5.74, 6) is -7.09. The van der Waals surface area contributed by atoms with Crippen LogP contribution < -0.4 is 5.32 Å². The van der Waals surface area contributed by atoms with Gasteiger partial charge in [-0.1, -0.05) is 260 Å². The second kappa shape index (κ2) is 49.2. The number of benzene rings is 4. The lowest BCUT2D eigenvalue weighted by Crippen LogP contribution is -2.16. The van der Waals surface area contributed by atoms with E-state index in [1.165, 1.54) is 235 Å². The molecular formula is C66H95ClF3NO9. The van der Waals surface area contributed by atoms with E-state index >= 15 is 0 Å². The molecule has 446 valence electrons. The molecule has 4 aromatic rings. The van der Waals surface area contributed by atoms with E-state index in [-0.39, 0.29) is 16.8 Å². The molecule has 0 fully saturated rings. The van der Waals surface area contributed by atoms with Crippen LogP contribution in [-0.2, 0) is 16.0 Å². The number of carbonyl (C=O) groups excluding carboxylic acids is 1. The number of halogens is 4. The first-order chi connectivity index (χ1) is 38.7. The third-order valence-electron chi connectivity index (χ3n) is 13.7. The minimum absolute atomic E-state index is 0.0271. The molecule has 4 rings (SSSR count). The fourth-order valence-corrected chi connectivity index (χ4v) is 9.20. The minimum Gasteiger partial charge on any atom is -0.481 e. The number of aryl methyl sites for hydroxylation is 1. The van der Waals surface area contributed by atoms with E-state index in [0.29, 0.717) is 25.0 Å². The normalized spacial score (nSPS) is 10.6. The standard InChI is InChI=1S/C23H46O2.C22H36O2.C14H10FNO3.C7H3ClF2O2/c1-2-3-4-5-6-7-8-9-10-11-12-13-14-15-16-17-18-19-20-21-22-23(24)25;23-22(24)20-16-11-9-7-5-3-1-2-4-6-8-10-13-17-21-18-14-12-15-19-21;15-9-4-3-5-10(8-9)16-13(17)11-6-1-2-7-12(11)14(18)19;8-4-2-5(9)3(7(11)12)1-6(4)10/h2-22H2,1H3,(H,24,25);12,14-15,18-19H,1-11,13,16-17,20H2,(H,23,24);1-8H,(H,16,17)(H,18,19);1-2H,(H,11,12). The highest BCUT2D eigenvalue weighted by molar-refractivity contribution is 6.30. The van der Waals surface area contributed by atoms with Crippen LogP contribution in [0.1, 0.15) is 268 Å². The molecule has 0 atom stereocenters. The molecule has 1 amide bonds. The molecular weight excluding hydrogens is 1040 g/mol. The zero-order valence-electron chi connectivity index (χ0n) is 48.0. The molecule has 0 aromatic heterocycles. The molecule has 0 spiro atoms. The molecule has 0 saturated heterocycles. The molecule has 10 nitrogen and oxygen atoms in total. The van der Waals surface area contributed by atoms with Crippen LogP contribution in [0, 0.1) is 17.5 Å². The summed E-state index contributed by atoms with van der Waals surface area (Å²) in [5.41, 5.74) is 0.943. The molecule has 4 aromatic carbocycles. The highest BCUT2D eigenvalue weighted by Crippen LogP contribution is 2.21. The van der Waals surface area contributed by atoms with Gasteiger partial charge in [-0.2, -0.15) is 0 Å². The van der Waals surface area contributed by atoms with E-state index in [9.17, 15) is 37.1 Å². The zero-order chi connectivity index (χ0) is 58.9. The van der Waals surface area contributed by atoms with Gasteiger partial charge in [0.15, 0.2) is 0 Å². The van der Waals surface area contributed by atoms with Gasteiger partial charge in [0.25, 0.3) is 5.91 Å². The van der Waals surface area contributed by atoms with Gasteiger partial charge in [0.2, 0.25) is 0 Å². The molecule has 0 aliphatic heterocycles. The van der Waals surface area contributed by atoms with Crippen LogP contribution >= 0.6 is 11.6 Å². The van der Waals surface area contributed by atoms with Crippen molar-refractivity contribution in [3.05, 3.63) is 136 Å². The van der Waals surface area contributed by atoms with Gasteiger partial charge < -0.3 is 25.7 Å². The number of nitrogens with one attached hydrogen (secondary N) is 1. The Morgan fingerprint density at radius 2 is 0.775 bits per heavy atom. The van der Waals surface area contributed by atoms with Gasteiger partial charge in [0.05, 0.1) is 21.7 Å². The van der Waals surface area contributed by atoms with Crippen molar-refractivity contribution in [3.8, 4) is 0 Å². The average Bonchev–Trinajstić information content (AvgIpc) is 3.43. The number of anilines is 1. The predicted octanol–water partition coefficient (Wildman–Crippen LogP) is 20.2. The lowest BCUT2D eigenvalue weighted by atomic mass is 10.0. The summed E-state index contributed by atoms with van der Waals surface area (Å²) in [6.07, 6.45) is 45.9. The number of aromatic carboxylic acids is 2. The summed E-state index contributed by atoms with van der Waals surface area (Å²) >= 11 is 5.18. The fraction of sp³-hybridized carbons (Fsp3) is 0.561. The van der Waals surface area contributed by atoms with Gasteiger partial charge in [0, 0.05) is 18.5 Å². The Bertz CT molecular complexity index is 2260. The van der Waals surface area contributed by atoms with E-state index in [1.54, 1.807) is 6.07 Å². The van der Waals surface area contributed by atoms with Gasteiger partial charge in [-0.05, 0) is 73.7 Å². The predicted molar refractivity (Wildman–Crippen MR) is 319 cm³/mol. The smallest absolute Gasteiger partial charge is 0.338 e. The first-order valence-electron chi connectivity index (χ1n) is 29.9. The van der Waals surface area contributed by atoms with Gasteiger partial charge >= 0.3 is 23.9 Å². The largest absolute Gasteiger partial charge is 0.481 e. The molecule has 0 unspecified atom stereocenters. The number of carboxylic acid groups (broad SMARTS) is 4. The Morgan fingerprint density at radius 3 is 1.16 bits per heavy atom. The second-order valence-electron chi connectivity index (χ2n) is 20.7. The maximum Gasteiger partial charge on any atom is 0.338 e. The SMILES string of the molecule is CCCCCCCCCCCCCCCCCCCCCCC(=O)O.O=C(O)CCCCCCCCCCCCCCCc1ccccc1.O=C(O)c1cc(F)c(Cl)cc1F.O=C(O)c1ccccc1C(=O)Nc1cccc(F)c1. The quantitative estimate of drug-likeness (QED) is 0.0214. The number of amides is 1. The number of rotatable bonds is 41. The van der Waals surface area contributed by atoms with E-state index in [4.69, 9.17) is 32.0 Å². The molecule has 5 N–H and O–H groups in total. The fourth-order valence-electron chi connectivity index (χ4n) is 9.04. The van der Waals surface area contributed by atoms with Crippen LogP contribution in [0.2, 0.25) is 5.02 Å². The van der Waals surface area contributed by atoms with Crippen molar-refractivity contribution in [2.24, 2.45) is 0 Å². The number of carboxylic acids is 4. The summed E-state index contributed by atoms with van der Waals surface area (Å²) < 4.78 is 38.2. The molecule has 0 bridgehead atoms. The van der Waals surface area contributed by atoms with Gasteiger partial charge in [-0.15, -0.1) is 0 Å². The Balaban J connectivity index is 0.000000548. The lowest BCUT2D eigenvalue weighted by Gasteiger charge is -2.07. The molecule has 0 aliphatic rings. The maximum atomic E-state index is 13.0. The highest BCUT2D eigenvalue weighted by Gasteiger charge is 2.16. The Morgan fingerprint density at radius 1 is 0.400 bits per heavy atom. The molecule has 0 saturated carbocycles. The minimum atomic E-state index is -1.52. The van der Waals surface area contributed by atoms with E-state index in [0.717, 1.165) is 31.7 Å². The summed E-state index contributed by atoms with van der Waals surface area (Å²) in [5, 5.41) is 36.5. The van der Waals surface area contributed by atoms with Crippen molar-refractivity contribution in [2.45, 2.75) is 238 Å². The van der Waals surface area contributed by atoms with Crippen LogP contribution in [0.4, 0.5) is 18.9 Å². The van der Waals surface area contributed by atoms with Crippen LogP contribution in [0.15, 0.2) is 91.0 Å². The van der Waals surface area contributed by atoms with Crippen LogP contribution in [0.25, 0.3) is 0 Å². The van der Waals surface area contributed by atoms with Crippen molar-refractivity contribution in [1.82, 2.24) is 0 Å². The molecule has 0 radical (unpaired) electrons. The van der Waals surface area contributed by atoms with Crippen molar-refractivity contribution in [2.75, 3.05) is 5.32 Å². The first kappa shape index (κ1) is 72.3. The summed E-state index contributed by atoms with van der Waals surface area (Å²) in [4.78, 5) is 54.0. The second-order valence-corrected chi connectivity index (χ2v) is 21.1. The molecule has 14 heteroatoms. The molecule has 0 heterocycles. The molecule has 80 heavy (non-hydrogen) atoms. The number of hydrogen-bond acceptors (Lipinski definition) is 5. The van der Waals surface area contributed by atoms with Gasteiger partial charge in [0.1, 0.15) is 17.5 Å². The summed E-state index contributed by atoms with van der Waals surface area (Å²) in [7, 11) is 0.